The van der Waals surface area contributed by atoms with E-state index in [0.29, 0.717) is 5.69 Å². The fraction of sp³-hybridized carbons (Fsp3) is 0.500. The highest BCUT2D eigenvalue weighted by molar-refractivity contribution is 7.89. The Kier molecular flexibility index (Phi) is 5.30. The van der Waals surface area contributed by atoms with E-state index in [4.69, 9.17) is 10.5 Å². The van der Waals surface area contributed by atoms with Crippen LogP contribution in [0.1, 0.15) is 5.56 Å². The Hall–Kier alpha value is -1.15. The summed E-state index contributed by atoms with van der Waals surface area (Å²) in [5.41, 5.74) is 6.96. The van der Waals surface area contributed by atoms with E-state index in [1.54, 1.807) is 13.0 Å². The molecule has 0 aliphatic heterocycles. The molecule has 0 aliphatic rings. The molecule has 3 N–H and O–H groups in total. The van der Waals surface area contributed by atoms with Crippen molar-refractivity contribution >= 4 is 15.7 Å². The molecule has 0 saturated carbocycles. The van der Waals surface area contributed by atoms with Gasteiger partial charge in [0, 0.05) is 26.4 Å². The lowest BCUT2D eigenvalue weighted by molar-refractivity contribution is 0.0554. The second kappa shape index (κ2) is 6.33. The quantitative estimate of drug-likeness (QED) is 0.730. The van der Waals surface area contributed by atoms with Crippen LogP contribution in [0, 0.1) is 6.92 Å². The highest BCUT2D eigenvalue weighted by Crippen LogP contribution is 2.20. The summed E-state index contributed by atoms with van der Waals surface area (Å²) in [4.78, 5) is 0.114. The number of aryl methyl sites for hydroxylation is 1. The summed E-state index contributed by atoms with van der Waals surface area (Å²) in [6.45, 7) is 1.84. The van der Waals surface area contributed by atoms with Gasteiger partial charge in [0.2, 0.25) is 10.0 Å². The highest BCUT2D eigenvalue weighted by atomic mass is 32.2. The number of hydrogen-bond acceptors (Lipinski definition) is 5. The van der Waals surface area contributed by atoms with E-state index in [2.05, 4.69) is 0 Å². The minimum absolute atomic E-state index is 0.0377. The van der Waals surface area contributed by atoms with Gasteiger partial charge in [-0.1, -0.05) is 6.07 Å². The van der Waals surface area contributed by atoms with Gasteiger partial charge in [0.25, 0.3) is 0 Å². The number of aliphatic hydroxyl groups excluding tert-OH is 1. The number of nitrogens with two attached hydrogens (primary N) is 1. The van der Waals surface area contributed by atoms with Crippen molar-refractivity contribution in [2.75, 3.05) is 33.0 Å². The molecule has 1 aromatic carbocycles. The lowest BCUT2D eigenvalue weighted by Gasteiger charge is -2.20. The monoisotopic (exact) mass is 288 g/mol. The van der Waals surface area contributed by atoms with Crippen LogP contribution in [0.2, 0.25) is 0 Å². The number of benzene rings is 1. The number of aliphatic hydroxyl groups is 1. The molecule has 0 bridgehead atoms. The number of likely N-dealkylation sites (N-methyl/N-ethyl adjacent to an activating group) is 1. The Morgan fingerprint density at radius 3 is 2.63 bits per heavy atom. The van der Waals surface area contributed by atoms with Crippen molar-refractivity contribution < 1.29 is 18.3 Å². The Labute approximate surface area is 113 Å². The van der Waals surface area contributed by atoms with Crippen molar-refractivity contribution in [3.05, 3.63) is 23.8 Å². The van der Waals surface area contributed by atoms with Crippen LogP contribution in [0.25, 0.3) is 0 Å². The molecule has 19 heavy (non-hydrogen) atoms. The molecule has 0 saturated heterocycles. The first-order chi connectivity index (χ1) is 8.78. The molecule has 0 aliphatic carbocycles. The molecule has 7 heteroatoms. The predicted octanol–water partition coefficient (Wildman–Crippen LogP) is 0.205. The molecule has 1 unspecified atom stereocenters. The molecule has 1 atom stereocenters. The van der Waals surface area contributed by atoms with Crippen molar-refractivity contribution in [3.8, 4) is 0 Å². The zero-order chi connectivity index (χ0) is 14.6. The molecule has 1 aromatic rings. The summed E-state index contributed by atoms with van der Waals surface area (Å²) in [7, 11) is -0.804. The van der Waals surface area contributed by atoms with Crippen LogP contribution < -0.4 is 5.73 Å². The van der Waals surface area contributed by atoms with E-state index in [-0.39, 0.29) is 18.0 Å². The van der Waals surface area contributed by atoms with Crippen molar-refractivity contribution in [2.24, 2.45) is 0 Å². The summed E-state index contributed by atoms with van der Waals surface area (Å²) in [5, 5.41) is 9.57. The van der Waals surface area contributed by atoms with Crippen LogP contribution in [0.5, 0.6) is 0 Å². The van der Waals surface area contributed by atoms with E-state index in [9.17, 15) is 13.5 Å². The minimum atomic E-state index is -3.65. The second-order valence-electron chi connectivity index (χ2n) is 4.41. The van der Waals surface area contributed by atoms with Crippen LogP contribution >= 0.6 is 0 Å². The standard InChI is InChI=1S/C12H20N2O4S/c1-9-4-5-11(6-12(9)13)19(16,17)14(2)7-10(15)8-18-3/h4-6,10,15H,7-8,13H2,1-3H3. The third-order valence-corrected chi connectivity index (χ3v) is 4.61. The Morgan fingerprint density at radius 2 is 2.11 bits per heavy atom. The number of anilines is 1. The van der Waals surface area contributed by atoms with Gasteiger partial charge in [-0.2, -0.15) is 4.31 Å². The Bertz CT molecular complexity index is 531. The Morgan fingerprint density at radius 1 is 1.47 bits per heavy atom. The lowest BCUT2D eigenvalue weighted by Crippen LogP contribution is -2.36. The maximum atomic E-state index is 12.3. The summed E-state index contributed by atoms with van der Waals surface area (Å²) in [6, 6.07) is 4.58. The summed E-state index contributed by atoms with van der Waals surface area (Å²) in [6.07, 6.45) is -0.868. The number of nitrogens with zero attached hydrogens (tertiary/aromatic N) is 1. The molecule has 0 spiro atoms. The number of rotatable bonds is 6. The first-order valence-electron chi connectivity index (χ1n) is 5.78. The van der Waals surface area contributed by atoms with Crippen LogP contribution in [-0.2, 0) is 14.8 Å². The second-order valence-corrected chi connectivity index (χ2v) is 6.46. The van der Waals surface area contributed by atoms with Crippen LogP contribution in [0.3, 0.4) is 0 Å². The minimum Gasteiger partial charge on any atom is -0.398 e. The summed E-state index contributed by atoms with van der Waals surface area (Å²) < 4.78 is 30.4. The third-order valence-electron chi connectivity index (χ3n) is 2.79. The third kappa shape index (κ3) is 3.90. The van der Waals surface area contributed by atoms with Gasteiger partial charge in [0.05, 0.1) is 17.6 Å². The van der Waals surface area contributed by atoms with Gasteiger partial charge >= 0.3 is 0 Å². The average Bonchev–Trinajstić information content (AvgIpc) is 2.32. The molecule has 0 radical (unpaired) electrons. The first kappa shape index (κ1) is 15.9. The van der Waals surface area contributed by atoms with Crippen LogP contribution in [-0.4, -0.2) is 51.2 Å². The summed E-state index contributed by atoms with van der Waals surface area (Å²) >= 11 is 0. The van der Waals surface area contributed by atoms with E-state index < -0.39 is 16.1 Å². The van der Waals surface area contributed by atoms with Gasteiger partial charge in [0.15, 0.2) is 0 Å². The fourth-order valence-corrected chi connectivity index (χ4v) is 2.84. The van der Waals surface area contributed by atoms with Gasteiger partial charge in [-0.3, -0.25) is 0 Å². The van der Waals surface area contributed by atoms with Gasteiger partial charge in [0.1, 0.15) is 0 Å². The molecular weight excluding hydrogens is 268 g/mol. The average molecular weight is 288 g/mol. The number of sulfonamides is 1. The predicted molar refractivity (Wildman–Crippen MR) is 73.3 cm³/mol. The van der Waals surface area contributed by atoms with Gasteiger partial charge < -0.3 is 15.6 Å². The number of nitrogen functional groups attached to an aromatic ring is 1. The van der Waals surface area contributed by atoms with Crippen molar-refractivity contribution in [2.45, 2.75) is 17.9 Å². The molecule has 0 amide bonds. The topological polar surface area (TPSA) is 92.9 Å². The maximum Gasteiger partial charge on any atom is 0.242 e. The number of hydrogen-bond donors (Lipinski definition) is 2. The van der Waals surface area contributed by atoms with Crippen molar-refractivity contribution in [1.82, 2.24) is 4.31 Å². The Balaban J connectivity index is 2.93. The molecular formula is C12H20N2O4S. The van der Waals surface area contributed by atoms with Gasteiger partial charge in [-0.15, -0.1) is 0 Å². The fourth-order valence-electron chi connectivity index (χ4n) is 1.60. The maximum absolute atomic E-state index is 12.3. The molecule has 6 nitrogen and oxygen atoms in total. The lowest BCUT2D eigenvalue weighted by atomic mass is 10.2. The normalized spacial score (nSPS) is 13.7. The van der Waals surface area contributed by atoms with E-state index >= 15 is 0 Å². The van der Waals surface area contributed by atoms with Crippen molar-refractivity contribution in [1.29, 1.82) is 0 Å². The van der Waals surface area contributed by atoms with E-state index in [1.165, 1.54) is 26.3 Å². The molecule has 0 heterocycles. The van der Waals surface area contributed by atoms with Crippen molar-refractivity contribution in [3.63, 3.8) is 0 Å². The zero-order valence-corrected chi connectivity index (χ0v) is 12.1. The van der Waals surface area contributed by atoms with E-state index in [1.807, 2.05) is 0 Å². The van der Waals surface area contributed by atoms with Gasteiger partial charge in [-0.25, -0.2) is 8.42 Å². The summed E-state index contributed by atoms with van der Waals surface area (Å²) in [5.74, 6) is 0. The van der Waals surface area contributed by atoms with Crippen LogP contribution in [0.4, 0.5) is 5.69 Å². The molecule has 0 fully saturated rings. The zero-order valence-electron chi connectivity index (χ0n) is 11.3. The van der Waals surface area contributed by atoms with E-state index in [0.717, 1.165) is 9.87 Å². The molecule has 108 valence electrons. The smallest absolute Gasteiger partial charge is 0.242 e. The number of methoxy groups -OCH3 is 1. The van der Waals surface area contributed by atoms with Crippen LogP contribution in [0.15, 0.2) is 23.1 Å². The number of ether oxygens (including phenoxy) is 1. The molecule has 1 rings (SSSR count). The first-order valence-corrected chi connectivity index (χ1v) is 7.22. The SMILES string of the molecule is COCC(O)CN(C)S(=O)(=O)c1ccc(C)c(N)c1. The highest BCUT2D eigenvalue weighted by Gasteiger charge is 2.23. The molecule has 0 aromatic heterocycles. The largest absolute Gasteiger partial charge is 0.398 e. The van der Waals surface area contributed by atoms with Gasteiger partial charge in [-0.05, 0) is 24.6 Å².